The molecule has 1 heterocycles. The van der Waals surface area contributed by atoms with Gasteiger partial charge in [0.2, 0.25) is 0 Å². The fourth-order valence-corrected chi connectivity index (χ4v) is 1.37. The van der Waals surface area contributed by atoms with Crippen LogP contribution < -0.4 is 5.32 Å². The van der Waals surface area contributed by atoms with Crippen LogP contribution in [-0.4, -0.2) is 28.7 Å². The van der Waals surface area contributed by atoms with Crippen molar-refractivity contribution < 1.29 is 4.79 Å². The Morgan fingerprint density at radius 2 is 2.33 bits per heavy atom. The third kappa shape index (κ3) is 4.25. The van der Waals surface area contributed by atoms with E-state index in [1.165, 1.54) is 0 Å². The maximum Gasteiger partial charge on any atom is 0.151 e. The predicted octanol–water partition coefficient (Wildman–Crippen LogP) is 1.01. The highest BCUT2D eigenvalue weighted by molar-refractivity contribution is 5.82. The number of nitrogens with zero attached hydrogens (tertiary/aromatic N) is 2. The third-order valence-electron chi connectivity index (χ3n) is 2.16. The van der Waals surface area contributed by atoms with Gasteiger partial charge >= 0.3 is 0 Å². The Morgan fingerprint density at radius 3 is 2.93 bits per heavy atom. The van der Waals surface area contributed by atoms with Crippen LogP contribution in [0.5, 0.6) is 0 Å². The molecule has 0 saturated heterocycles. The number of ketones is 1. The molecule has 0 amide bonds. The maximum atomic E-state index is 11.5. The van der Waals surface area contributed by atoms with Crippen LogP contribution in [-0.2, 0) is 17.8 Å². The van der Waals surface area contributed by atoms with Crippen molar-refractivity contribution >= 4 is 5.78 Å². The number of hydrogen-bond donors (Lipinski definition) is 1. The standard InChI is InChI=1S/C11H19N3O/c1-3-5-12-8-11(15)6-10-7-13-14(4-2)9-10/h7,9,12H,3-6,8H2,1-2H3. The predicted molar refractivity (Wildman–Crippen MR) is 59.8 cm³/mol. The Bertz CT molecular complexity index is 307. The Labute approximate surface area is 90.7 Å². The van der Waals surface area contributed by atoms with Gasteiger partial charge in [-0.15, -0.1) is 0 Å². The molecule has 0 atom stereocenters. The molecule has 0 aliphatic heterocycles. The first-order valence-corrected chi connectivity index (χ1v) is 5.50. The highest BCUT2D eigenvalue weighted by Crippen LogP contribution is 1.99. The van der Waals surface area contributed by atoms with Crippen LogP contribution in [0.3, 0.4) is 0 Å². The minimum absolute atomic E-state index is 0.221. The minimum atomic E-state index is 0.221. The molecular weight excluding hydrogens is 190 g/mol. The van der Waals surface area contributed by atoms with Crippen LogP contribution in [0.15, 0.2) is 12.4 Å². The van der Waals surface area contributed by atoms with E-state index in [0.29, 0.717) is 13.0 Å². The Hall–Kier alpha value is -1.16. The average Bonchev–Trinajstić information content (AvgIpc) is 2.66. The SMILES string of the molecule is CCCNCC(=O)Cc1cnn(CC)c1. The lowest BCUT2D eigenvalue weighted by atomic mass is 10.2. The summed E-state index contributed by atoms with van der Waals surface area (Å²) in [5.41, 5.74) is 1.00. The van der Waals surface area contributed by atoms with Crippen molar-refractivity contribution in [2.24, 2.45) is 0 Å². The molecule has 84 valence electrons. The molecule has 0 unspecified atom stereocenters. The summed E-state index contributed by atoms with van der Waals surface area (Å²) in [5, 5.41) is 7.23. The van der Waals surface area contributed by atoms with Gasteiger partial charge < -0.3 is 5.32 Å². The van der Waals surface area contributed by atoms with E-state index >= 15 is 0 Å². The van der Waals surface area contributed by atoms with Crippen molar-refractivity contribution in [2.75, 3.05) is 13.1 Å². The summed E-state index contributed by atoms with van der Waals surface area (Å²) in [7, 11) is 0. The first-order valence-electron chi connectivity index (χ1n) is 5.50. The second kappa shape index (κ2) is 6.35. The summed E-state index contributed by atoms with van der Waals surface area (Å²) in [4.78, 5) is 11.5. The normalized spacial score (nSPS) is 10.5. The van der Waals surface area contributed by atoms with Crippen LogP contribution in [0, 0.1) is 0 Å². The molecule has 0 radical (unpaired) electrons. The van der Waals surface area contributed by atoms with E-state index in [-0.39, 0.29) is 5.78 Å². The minimum Gasteiger partial charge on any atom is -0.310 e. The highest BCUT2D eigenvalue weighted by Gasteiger charge is 2.04. The van der Waals surface area contributed by atoms with Crippen molar-refractivity contribution in [3.63, 3.8) is 0 Å². The zero-order valence-electron chi connectivity index (χ0n) is 9.49. The number of hydrogen-bond acceptors (Lipinski definition) is 3. The van der Waals surface area contributed by atoms with Gasteiger partial charge in [-0.05, 0) is 25.5 Å². The van der Waals surface area contributed by atoms with E-state index in [9.17, 15) is 4.79 Å². The van der Waals surface area contributed by atoms with E-state index in [0.717, 1.165) is 25.1 Å². The van der Waals surface area contributed by atoms with Gasteiger partial charge in [0, 0.05) is 19.2 Å². The lowest BCUT2D eigenvalue weighted by molar-refractivity contribution is -0.117. The smallest absolute Gasteiger partial charge is 0.151 e. The number of rotatable bonds is 7. The lowest BCUT2D eigenvalue weighted by Gasteiger charge is -2.00. The molecule has 0 saturated carbocycles. The Balaban J connectivity index is 2.31. The number of carbonyl (C=O) groups excluding carboxylic acids is 1. The van der Waals surface area contributed by atoms with Gasteiger partial charge in [-0.3, -0.25) is 9.48 Å². The highest BCUT2D eigenvalue weighted by atomic mass is 16.1. The molecular formula is C11H19N3O. The van der Waals surface area contributed by atoms with Crippen LogP contribution in [0.25, 0.3) is 0 Å². The summed E-state index contributed by atoms with van der Waals surface area (Å²) >= 11 is 0. The summed E-state index contributed by atoms with van der Waals surface area (Å²) in [6.07, 6.45) is 5.23. The summed E-state index contributed by atoms with van der Waals surface area (Å²) in [6.45, 7) is 6.33. The first-order chi connectivity index (χ1) is 7.26. The molecule has 1 aromatic rings. The number of carbonyl (C=O) groups is 1. The molecule has 0 aliphatic carbocycles. The van der Waals surface area contributed by atoms with Crippen molar-refractivity contribution in [1.29, 1.82) is 0 Å². The van der Waals surface area contributed by atoms with Gasteiger partial charge in [0.15, 0.2) is 5.78 Å². The van der Waals surface area contributed by atoms with Gasteiger partial charge in [0.25, 0.3) is 0 Å². The molecule has 0 bridgehead atoms. The van der Waals surface area contributed by atoms with E-state index in [1.54, 1.807) is 6.20 Å². The fraction of sp³-hybridized carbons (Fsp3) is 0.636. The summed E-state index contributed by atoms with van der Waals surface area (Å²) in [6, 6.07) is 0. The average molecular weight is 209 g/mol. The van der Waals surface area contributed by atoms with E-state index in [1.807, 2.05) is 17.8 Å². The molecule has 1 N–H and O–H groups in total. The molecule has 4 heteroatoms. The monoisotopic (exact) mass is 209 g/mol. The van der Waals surface area contributed by atoms with Crippen molar-refractivity contribution in [2.45, 2.75) is 33.2 Å². The topological polar surface area (TPSA) is 46.9 Å². The zero-order valence-corrected chi connectivity index (χ0v) is 9.49. The van der Waals surface area contributed by atoms with Gasteiger partial charge in [0.05, 0.1) is 12.7 Å². The number of nitrogens with one attached hydrogen (secondary N) is 1. The van der Waals surface area contributed by atoms with Gasteiger partial charge in [-0.2, -0.15) is 5.10 Å². The van der Waals surface area contributed by atoms with E-state index < -0.39 is 0 Å². The van der Waals surface area contributed by atoms with Crippen molar-refractivity contribution in [3.8, 4) is 0 Å². The Kier molecular flexibility index (Phi) is 5.04. The van der Waals surface area contributed by atoms with Gasteiger partial charge in [-0.25, -0.2) is 0 Å². The molecule has 4 nitrogen and oxygen atoms in total. The third-order valence-corrected chi connectivity index (χ3v) is 2.16. The fourth-order valence-electron chi connectivity index (χ4n) is 1.37. The van der Waals surface area contributed by atoms with Crippen LogP contribution >= 0.6 is 0 Å². The lowest BCUT2D eigenvalue weighted by Crippen LogP contribution is -2.24. The van der Waals surface area contributed by atoms with E-state index in [4.69, 9.17) is 0 Å². The molecule has 0 spiro atoms. The number of aryl methyl sites for hydroxylation is 1. The van der Waals surface area contributed by atoms with Gasteiger partial charge in [-0.1, -0.05) is 6.92 Å². The Morgan fingerprint density at radius 1 is 1.53 bits per heavy atom. The van der Waals surface area contributed by atoms with Crippen LogP contribution in [0.2, 0.25) is 0 Å². The second-order valence-corrected chi connectivity index (χ2v) is 3.60. The molecule has 15 heavy (non-hydrogen) atoms. The molecule has 1 aromatic heterocycles. The zero-order chi connectivity index (χ0) is 11.1. The van der Waals surface area contributed by atoms with Crippen molar-refractivity contribution in [1.82, 2.24) is 15.1 Å². The maximum absolute atomic E-state index is 11.5. The molecule has 0 fully saturated rings. The number of aromatic nitrogens is 2. The number of Topliss-reactive ketones (excluding diaryl/α,β-unsaturated/α-hetero) is 1. The summed E-state index contributed by atoms with van der Waals surface area (Å²) < 4.78 is 1.84. The van der Waals surface area contributed by atoms with Crippen LogP contribution in [0.4, 0.5) is 0 Å². The first kappa shape index (κ1) is 11.9. The largest absolute Gasteiger partial charge is 0.310 e. The molecule has 1 rings (SSSR count). The quantitative estimate of drug-likeness (QED) is 0.682. The summed E-state index contributed by atoms with van der Waals surface area (Å²) in [5.74, 6) is 0.221. The second-order valence-electron chi connectivity index (χ2n) is 3.60. The molecule has 0 aromatic carbocycles. The van der Waals surface area contributed by atoms with Crippen LogP contribution in [0.1, 0.15) is 25.8 Å². The van der Waals surface area contributed by atoms with Crippen molar-refractivity contribution in [3.05, 3.63) is 18.0 Å². The molecule has 0 aliphatic rings. The van der Waals surface area contributed by atoms with Gasteiger partial charge in [0.1, 0.15) is 0 Å². The van der Waals surface area contributed by atoms with E-state index in [2.05, 4.69) is 17.3 Å².